The zero-order chi connectivity index (χ0) is 25.3. The first kappa shape index (κ1) is 28.0. The number of aromatic nitrogens is 2. The van der Waals surface area contributed by atoms with Crippen LogP contribution in [0.1, 0.15) is 18.2 Å². The summed E-state index contributed by atoms with van der Waals surface area (Å²) in [5.41, 5.74) is -1.51. The lowest BCUT2D eigenvalue weighted by Gasteiger charge is -2.14. The Morgan fingerprint density at radius 2 is 1.88 bits per heavy atom. The monoisotopic (exact) mass is 528 g/mol. The molecule has 190 valence electrons. The Balaban J connectivity index is 1.76. The van der Waals surface area contributed by atoms with Crippen LogP contribution in [0, 0.1) is 0 Å². The number of aromatic amines is 1. The lowest BCUT2D eigenvalue weighted by Crippen LogP contribution is -2.37. The molecule has 1 fully saturated rings. The Hall–Kier alpha value is -2.27. The van der Waals surface area contributed by atoms with Crippen molar-refractivity contribution in [1.82, 2.24) is 20.2 Å². The van der Waals surface area contributed by atoms with Crippen molar-refractivity contribution in [2.75, 3.05) is 31.2 Å². The summed E-state index contributed by atoms with van der Waals surface area (Å²) in [4.78, 5) is 48.7. The van der Waals surface area contributed by atoms with Gasteiger partial charge in [0.2, 0.25) is 5.91 Å². The molecule has 0 bridgehead atoms. The van der Waals surface area contributed by atoms with Crippen LogP contribution < -0.4 is 21.9 Å². The molecule has 2 amide bonds. The Morgan fingerprint density at radius 3 is 2.47 bits per heavy atom. The number of hydrogen-bond donors (Lipinski definition) is 5. The highest BCUT2D eigenvalue weighted by atomic mass is 33.1. The van der Waals surface area contributed by atoms with Crippen LogP contribution in [0.3, 0.4) is 0 Å². The fraction of sp³-hybridized carbons (Fsp3) is 0.556. The van der Waals surface area contributed by atoms with Crippen LogP contribution in [-0.2, 0) is 14.3 Å². The lowest BCUT2D eigenvalue weighted by molar-refractivity contribution is -0.173. The highest BCUT2D eigenvalue weighted by Crippen LogP contribution is 2.27. The summed E-state index contributed by atoms with van der Waals surface area (Å²) in [5.74, 6) is -1.82. The fourth-order valence-electron chi connectivity index (χ4n) is 2.75. The van der Waals surface area contributed by atoms with Crippen molar-refractivity contribution in [2.24, 2.45) is 0 Å². The number of aliphatic hydroxyl groups excluding tert-OH is 2. The van der Waals surface area contributed by atoms with E-state index >= 15 is 0 Å². The Bertz CT molecular complexity index is 999. The van der Waals surface area contributed by atoms with Gasteiger partial charge in [0.25, 0.3) is 5.56 Å². The SMILES string of the molecule is O=C(C=Cc1cn([C@H]2C[C@H](O)[C@@H](CO)O2)c(=O)[nH]c1=O)NCCSSCCNC(=O)C(F)(F)F. The van der Waals surface area contributed by atoms with E-state index in [9.17, 15) is 37.5 Å². The first-order valence-corrected chi connectivity index (χ1v) is 12.4. The minimum Gasteiger partial charge on any atom is -0.394 e. The van der Waals surface area contributed by atoms with Gasteiger partial charge in [0.05, 0.1) is 18.3 Å². The number of halogens is 3. The van der Waals surface area contributed by atoms with E-state index in [1.807, 2.05) is 0 Å². The number of aliphatic hydroxyl groups is 2. The normalized spacial score (nSPS) is 20.6. The molecule has 0 spiro atoms. The van der Waals surface area contributed by atoms with Gasteiger partial charge in [0.1, 0.15) is 12.3 Å². The summed E-state index contributed by atoms with van der Waals surface area (Å²) in [7, 11) is 2.52. The molecule has 5 N–H and O–H groups in total. The van der Waals surface area contributed by atoms with E-state index in [0.29, 0.717) is 5.75 Å². The highest BCUT2D eigenvalue weighted by molar-refractivity contribution is 8.76. The molecule has 1 saturated heterocycles. The predicted octanol–water partition coefficient (Wildman–Crippen LogP) is -0.633. The van der Waals surface area contributed by atoms with E-state index in [1.165, 1.54) is 33.9 Å². The number of alkyl halides is 3. The van der Waals surface area contributed by atoms with Gasteiger partial charge < -0.3 is 25.6 Å². The van der Waals surface area contributed by atoms with Crippen LogP contribution in [0.25, 0.3) is 6.08 Å². The van der Waals surface area contributed by atoms with Gasteiger partial charge in [-0.1, -0.05) is 21.6 Å². The average molecular weight is 529 g/mol. The van der Waals surface area contributed by atoms with Gasteiger partial charge in [-0.25, -0.2) is 4.79 Å². The van der Waals surface area contributed by atoms with Crippen molar-refractivity contribution in [3.8, 4) is 0 Å². The molecular weight excluding hydrogens is 505 g/mol. The molecule has 11 nitrogen and oxygen atoms in total. The fourth-order valence-corrected chi connectivity index (χ4v) is 4.56. The summed E-state index contributed by atoms with van der Waals surface area (Å²) in [6.07, 6.45) is -4.13. The predicted molar refractivity (Wildman–Crippen MR) is 119 cm³/mol. The summed E-state index contributed by atoms with van der Waals surface area (Å²) in [6.45, 7) is -0.344. The molecule has 3 atom stereocenters. The van der Waals surface area contributed by atoms with Crippen LogP contribution in [-0.4, -0.2) is 81.2 Å². The molecular formula is C18H23F3N4O7S2. The topological polar surface area (TPSA) is 163 Å². The van der Waals surface area contributed by atoms with Crippen molar-refractivity contribution >= 4 is 39.5 Å². The summed E-state index contributed by atoms with van der Waals surface area (Å²) >= 11 is 0. The molecule has 0 aromatic carbocycles. The first-order valence-electron chi connectivity index (χ1n) is 9.88. The second-order valence-electron chi connectivity index (χ2n) is 6.89. The number of nitrogens with zero attached hydrogens (tertiary/aromatic N) is 1. The number of carbonyl (C=O) groups excluding carboxylic acids is 2. The maximum atomic E-state index is 12.1. The zero-order valence-electron chi connectivity index (χ0n) is 17.5. The molecule has 16 heteroatoms. The van der Waals surface area contributed by atoms with Crippen LogP contribution in [0.5, 0.6) is 0 Å². The van der Waals surface area contributed by atoms with E-state index in [4.69, 9.17) is 9.84 Å². The molecule has 0 aliphatic carbocycles. The van der Waals surface area contributed by atoms with Gasteiger partial charge in [-0.3, -0.25) is 23.9 Å². The molecule has 1 aromatic rings. The number of H-pyrrole nitrogens is 1. The van der Waals surface area contributed by atoms with Crippen molar-refractivity contribution < 1.29 is 37.7 Å². The molecule has 0 saturated carbocycles. The molecule has 0 radical (unpaired) electrons. The third-order valence-corrected chi connectivity index (χ3v) is 6.81. The average Bonchev–Trinajstić information content (AvgIpc) is 3.14. The molecule has 2 rings (SSSR count). The van der Waals surface area contributed by atoms with Crippen LogP contribution in [0.2, 0.25) is 0 Å². The zero-order valence-corrected chi connectivity index (χ0v) is 19.2. The Kier molecular flexibility index (Phi) is 10.7. The van der Waals surface area contributed by atoms with Crippen LogP contribution in [0.15, 0.2) is 21.9 Å². The second kappa shape index (κ2) is 13.0. The minimum absolute atomic E-state index is 0.00822. The molecule has 1 aromatic heterocycles. The summed E-state index contributed by atoms with van der Waals surface area (Å²) in [5, 5.41) is 23.3. The molecule has 1 aliphatic rings. The van der Waals surface area contributed by atoms with Crippen LogP contribution in [0.4, 0.5) is 13.2 Å². The lowest BCUT2D eigenvalue weighted by atomic mass is 10.2. The Morgan fingerprint density at radius 1 is 1.24 bits per heavy atom. The van der Waals surface area contributed by atoms with Gasteiger partial charge in [-0.2, -0.15) is 13.2 Å². The van der Waals surface area contributed by atoms with E-state index < -0.39 is 54.3 Å². The largest absolute Gasteiger partial charge is 0.471 e. The summed E-state index contributed by atoms with van der Waals surface area (Å²) in [6, 6.07) is 0. The number of ether oxygens (including phenoxy) is 1. The minimum atomic E-state index is -4.91. The number of amides is 2. The highest BCUT2D eigenvalue weighted by Gasteiger charge is 2.38. The first-order chi connectivity index (χ1) is 16.0. The number of carbonyl (C=O) groups is 2. The third-order valence-electron chi connectivity index (χ3n) is 4.40. The maximum absolute atomic E-state index is 12.1. The maximum Gasteiger partial charge on any atom is 0.471 e. The second-order valence-corrected chi connectivity index (χ2v) is 9.59. The molecule has 2 heterocycles. The van der Waals surface area contributed by atoms with E-state index in [-0.39, 0.29) is 30.8 Å². The van der Waals surface area contributed by atoms with Gasteiger partial charge in [-0.15, -0.1) is 0 Å². The number of rotatable bonds is 11. The quantitative estimate of drug-likeness (QED) is 0.143. The molecule has 0 unspecified atom stereocenters. The third kappa shape index (κ3) is 8.50. The van der Waals surface area contributed by atoms with Gasteiger partial charge in [0.15, 0.2) is 0 Å². The Labute approximate surface area is 198 Å². The molecule has 1 aliphatic heterocycles. The van der Waals surface area contributed by atoms with E-state index in [1.54, 1.807) is 5.32 Å². The summed E-state index contributed by atoms with van der Waals surface area (Å²) < 4.78 is 42.5. The van der Waals surface area contributed by atoms with E-state index in [0.717, 1.165) is 10.6 Å². The van der Waals surface area contributed by atoms with Crippen molar-refractivity contribution in [3.63, 3.8) is 0 Å². The van der Waals surface area contributed by atoms with Gasteiger partial charge in [-0.05, 0) is 6.08 Å². The van der Waals surface area contributed by atoms with Gasteiger partial charge in [0, 0.05) is 43.3 Å². The van der Waals surface area contributed by atoms with Crippen molar-refractivity contribution in [3.05, 3.63) is 38.7 Å². The van der Waals surface area contributed by atoms with E-state index in [2.05, 4.69) is 10.3 Å². The smallest absolute Gasteiger partial charge is 0.394 e. The number of nitrogens with one attached hydrogen (secondary N) is 3. The van der Waals surface area contributed by atoms with Crippen LogP contribution >= 0.6 is 21.6 Å². The van der Waals surface area contributed by atoms with Crippen molar-refractivity contribution in [1.29, 1.82) is 0 Å². The number of hydrogen-bond acceptors (Lipinski definition) is 9. The van der Waals surface area contributed by atoms with Crippen molar-refractivity contribution in [2.45, 2.75) is 31.0 Å². The standard InChI is InChI=1S/C18H23F3N4O7S2/c19-18(20,21)16(30)23-4-6-34-33-5-3-22-13(28)2-1-10-8-25(17(31)24-15(10)29)14-7-11(27)12(9-26)32-14/h1-2,8,11-12,14,26-27H,3-7,9H2,(H,22,28)(H,23,30)(H,24,29,31)/t11-,12+,14+/m0/s1. The van der Waals surface area contributed by atoms with Gasteiger partial charge >= 0.3 is 17.8 Å². The molecule has 34 heavy (non-hydrogen) atoms.